The minimum Gasteiger partial charge on any atom is -0.465 e. The lowest BCUT2D eigenvalue weighted by molar-refractivity contribution is -0.160. The van der Waals surface area contributed by atoms with Crippen LogP contribution in [-0.4, -0.2) is 41.6 Å². The van der Waals surface area contributed by atoms with E-state index in [-0.39, 0.29) is 31.2 Å². The van der Waals surface area contributed by atoms with Crippen LogP contribution in [0.25, 0.3) is 0 Å². The van der Waals surface area contributed by atoms with Crippen LogP contribution in [0.15, 0.2) is 0 Å². The number of carbonyl (C=O) groups excluding carboxylic acids is 2. The first kappa shape index (κ1) is 14.1. The summed E-state index contributed by atoms with van der Waals surface area (Å²) >= 11 is 0. The van der Waals surface area contributed by atoms with E-state index >= 15 is 0 Å². The molecule has 1 saturated carbocycles. The zero-order chi connectivity index (χ0) is 13.9. The van der Waals surface area contributed by atoms with Gasteiger partial charge in [0.25, 0.3) is 0 Å². The average Bonchev–Trinajstić information content (AvgIpc) is 2.31. The van der Waals surface area contributed by atoms with E-state index in [9.17, 15) is 14.7 Å². The first-order chi connectivity index (χ1) is 8.97. The lowest BCUT2D eigenvalue weighted by Gasteiger charge is -2.32. The van der Waals surface area contributed by atoms with Gasteiger partial charge in [0, 0.05) is 6.42 Å². The molecule has 6 heteroatoms. The van der Waals surface area contributed by atoms with Crippen molar-refractivity contribution in [1.29, 1.82) is 0 Å². The maximum Gasteiger partial charge on any atom is 0.509 e. The fourth-order valence-electron chi connectivity index (χ4n) is 2.44. The number of aliphatic hydroxyl groups is 1. The van der Waals surface area contributed by atoms with Crippen LogP contribution in [0.4, 0.5) is 4.79 Å². The topological polar surface area (TPSA) is 82.1 Å². The third-order valence-electron chi connectivity index (χ3n) is 3.65. The van der Waals surface area contributed by atoms with Crippen molar-refractivity contribution in [2.75, 3.05) is 6.61 Å². The minimum absolute atomic E-state index is 0.0610. The Bertz CT molecular complexity index is 347. The highest BCUT2D eigenvalue weighted by atomic mass is 16.7. The molecule has 1 aliphatic carbocycles. The Morgan fingerprint density at radius 2 is 2.05 bits per heavy atom. The van der Waals surface area contributed by atoms with Crippen LogP contribution in [-0.2, 0) is 19.0 Å². The molecule has 0 aromatic carbocycles. The Hall–Kier alpha value is -1.30. The summed E-state index contributed by atoms with van der Waals surface area (Å²) in [5.41, 5.74) is -0.833. The van der Waals surface area contributed by atoms with E-state index in [2.05, 4.69) is 0 Å². The van der Waals surface area contributed by atoms with Crippen molar-refractivity contribution in [1.82, 2.24) is 0 Å². The van der Waals surface area contributed by atoms with Crippen LogP contribution in [0.3, 0.4) is 0 Å². The average molecular weight is 272 g/mol. The second-order valence-electron chi connectivity index (χ2n) is 5.50. The number of esters is 1. The van der Waals surface area contributed by atoms with E-state index < -0.39 is 11.8 Å². The lowest BCUT2D eigenvalue weighted by Crippen LogP contribution is -2.41. The molecular formula is C13H20O6. The normalized spacial score (nSPS) is 35.4. The highest BCUT2D eigenvalue weighted by Crippen LogP contribution is 2.27. The van der Waals surface area contributed by atoms with E-state index in [4.69, 9.17) is 14.2 Å². The van der Waals surface area contributed by atoms with Crippen LogP contribution in [0, 0.1) is 0 Å². The number of cyclic esters (lactones) is 1. The molecule has 6 nitrogen and oxygen atoms in total. The minimum atomic E-state index is -0.833. The second-order valence-corrected chi connectivity index (χ2v) is 5.50. The van der Waals surface area contributed by atoms with E-state index in [1.807, 2.05) is 0 Å². The SMILES string of the molecule is CC1(OC(=O)OC2CCC(O)CC2)CCOC(=O)C1. The molecule has 0 aromatic heterocycles. The van der Waals surface area contributed by atoms with E-state index in [0.717, 1.165) is 0 Å². The maximum absolute atomic E-state index is 11.7. The zero-order valence-electron chi connectivity index (χ0n) is 11.1. The molecule has 108 valence electrons. The molecule has 19 heavy (non-hydrogen) atoms. The summed E-state index contributed by atoms with van der Waals surface area (Å²) < 4.78 is 15.3. The predicted molar refractivity (Wildman–Crippen MR) is 64.4 cm³/mol. The van der Waals surface area contributed by atoms with Gasteiger partial charge in [-0.05, 0) is 32.6 Å². The first-order valence-corrected chi connectivity index (χ1v) is 6.70. The number of hydrogen-bond donors (Lipinski definition) is 1. The molecule has 1 saturated heterocycles. The van der Waals surface area contributed by atoms with Crippen LogP contribution < -0.4 is 0 Å². The highest BCUT2D eigenvalue weighted by Gasteiger charge is 2.37. The van der Waals surface area contributed by atoms with Crippen molar-refractivity contribution in [2.24, 2.45) is 0 Å². The monoisotopic (exact) mass is 272 g/mol. The van der Waals surface area contributed by atoms with E-state index in [0.29, 0.717) is 32.1 Å². The Balaban J connectivity index is 1.79. The summed E-state index contributed by atoms with van der Waals surface area (Å²) in [6.45, 7) is 1.97. The Morgan fingerprint density at radius 1 is 1.37 bits per heavy atom. The third-order valence-corrected chi connectivity index (χ3v) is 3.65. The van der Waals surface area contributed by atoms with Crippen LogP contribution in [0.2, 0.25) is 0 Å². The molecule has 1 heterocycles. The molecular weight excluding hydrogens is 252 g/mol. The highest BCUT2D eigenvalue weighted by molar-refractivity contribution is 5.72. The van der Waals surface area contributed by atoms with Crippen LogP contribution >= 0.6 is 0 Å². The molecule has 2 aliphatic rings. The second kappa shape index (κ2) is 5.77. The molecule has 1 N–H and O–H groups in total. The van der Waals surface area contributed by atoms with Gasteiger partial charge in [-0.1, -0.05) is 0 Å². The standard InChI is InChI=1S/C13H20O6/c1-13(6-7-17-11(15)8-13)19-12(16)18-10-4-2-9(14)3-5-10/h9-10,14H,2-8H2,1H3. The van der Waals surface area contributed by atoms with Gasteiger partial charge in [0.15, 0.2) is 0 Å². The molecule has 2 fully saturated rings. The lowest BCUT2D eigenvalue weighted by atomic mass is 9.95. The number of ether oxygens (including phenoxy) is 3. The van der Waals surface area contributed by atoms with Gasteiger partial charge in [0.2, 0.25) is 0 Å². The molecule has 0 aromatic rings. The quantitative estimate of drug-likeness (QED) is 0.768. The Labute approximate surface area is 112 Å². The largest absolute Gasteiger partial charge is 0.509 e. The molecule has 0 bridgehead atoms. The maximum atomic E-state index is 11.7. The number of aliphatic hydroxyl groups excluding tert-OH is 1. The summed E-state index contributed by atoms with van der Waals surface area (Å²) in [4.78, 5) is 22.9. The number of hydrogen-bond acceptors (Lipinski definition) is 6. The number of rotatable bonds is 2. The van der Waals surface area contributed by atoms with Gasteiger partial charge >= 0.3 is 12.1 Å². The Morgan fingerprint density at radius 3 is 2.68 bits per heavy atom. The van der Waals surface area contributed by atoms with Gasteiger partial charge in [0.05, 0.1) is 19.1 Å². The predicted octanol–water partition coefficient (Wildman–Crippen LogP) is 1.54. The van der Waals surface area contributed by atoms with Gasteiger partial charge < -0.3 is 19.3 Å². The summed E-state index contributed by atoms with van der Waals surface area (Å²) in [5.74, 6) is -0.359. The fourth-order valence-corrected chi connectivity index (χ4v) is 2.44. The van der Waals surface area contributed by atoms with Crippen molar-refractivity contribution in [2.45, 2.75) is 63.3 Å². The van der Waals surface area contributed by atoms with Crippen LogP contribution in [0.5, 0.6) is 0 Å². The van der Waals surface area contributed by atoms with Crippen LogP contribution in [0.1, 0.15) is 45.4 Å². The number of carbonyl (C=O) groups is 2. The molecule has 1 aliphatic heterocycles. The molecule has 2 rings (SSSR count). The summed E-state index contributed by atoms with van der Waals surface area (Å²) in [6, 6.07) is 0. The molecule has 0 amide bonds. The van der Waals surface area contributed by atoms with Crippen molar-refractivity contribution in [3.63, 3.8) is 0 Å². The molecule has 0 radical (unpaired) electrons. The first-order valence-electron chi connectivity index (χ1n) is 6.70. The molecule has 0 spiro atoms. The van der Waals surface area contributed by atoms with Gasteiger partial charge in [-0.3, -0.25) is 4.79 Å². The van der Waals surface area contributed by atoms with Crippen molar-refractivity contribution >= 4 is 12.1 Å². The molecule has 1 atom stereocenters. The van der Waals surface area contributed by atoms with Crippen molar-refractivity contribution < 1.29 is 28.9 Å². The summed E-state index contributed by atoms with van der Waals surface area (Å²) in [6.07, 6.45) is 1.89. The van der Waals surface area contributed by atoms with Gasteiger partial charge in [-0.15, -0.1) is 0 Å². The third kappa shape index (κ3) is 4.09. The summed E-state index contributed by atoms with van der Waals surface area (Å²) in [7, 11) is 0. The smallest absolute Gasteiger partial charge is 0.465 e. The fraction of sp³-hybridized carbons (Fsp3) is 0.846. The Kier molecular flexibility index (Phi) is 4.29. The van der Waals surface area contributed by atoms with Gasteiger partial charge in [-0.2, -0.15) is 0 Å². The molecule has 1 unspecified atom stereocenters. The van der Waals surface area contributed by atoms with Crippen molar-refractivity contribution in [3.05, 3.63) is 0 Å². The van der Waals surface area contributed by atoms with E-state index in [1.165, 1.54) is 0 Å². The zero-order valence-corrected chi connectivity index (χ0v) is 11.1. The van der Waals surface area contributed by atoms with Crippen molar-refractivity contribution in [3.8, 4) is 0 Å². The van der Waals surface area contributed by atoms with Gasteiger partial charge in [0.1, 0.15) is 11.7 Å². The van der Waals surface area contributed by atoms with E-state index in [1.54, 1.807) is 6.92 Å². The summed E-state index contributed by atoms with van der Waals surface area (Å²) in [5, 5.41) is 9.37. The van der Waals surface area contributed by atoms with Gasteiger partial charge in [-0.25, -0.2) is 4.79 Å².